The van der Waals surface area contributed by atoms with Crippen molar-refractivity contribution in [3.63, 3.8) is 0 Å². The first-order valence-corrected chi connectivity index (χ1v) is 15.1. The minimum Gasteiger partial charge on any atom is -0.352 e. The predicted octanol–water partition coefficient (Wildman–Crippen LogP) is 5.58. The van der Waals surface area contributed by atoms with Gasteiger partial charge < -0.3 is 10.2 Å². The third-order valence-electron chi connectivity index (χ3n) is 7.00. The molecular formula is C31H36F3N3O4S. The number of hydrogen-bond acceptors (Lipinski definition) is 4. The standard InChI is InChI=1S/C31H36F3N3O4S/c1-5-23(3)35-30(39)24(4)36(19-18-25-10-7-6-8-11-25)29(38)21-37(27-13-9-12-26(20-27)31(32,33)34)42(40,41)28-16-14-22(2)15-17-28/h6-17,20,23-24H,5,18-19,21H2,1-4H3,(H,35,39). The molecule has 0 bridgehead atoms. The summed E-state index contributed by atoms with van der Waals surface area (Å²) in [5, 5.41) is 2.84. The van der Waals surface area contributed by atoms with Gasteiger partial charge in [0, 0.05) is 12.6 Å². The van der Waals surface area contributed by atoms with Crippen molar-refractivity contribution in [1.82, 2.24) is 10.2 Å². The van der Waals surface area contributed by atoms with Crippen LogP contribution >= 0.6 is 0 Å². The van der Waals surface area contributed by atoms with E-state index in [0.29, 0.717) is 23.2 Å². The van der Waals surface area contributed by atoms with Crippen LogP contribution in [0.3, 0.4) is 0 Å². The van der Waals surface area contributed by atoms with E-state index >= 15 is 0 Å². The molecule has 42 heavy (non-hydrogen) atoms. The van der Waals surface area contributed by atoms with Crippen molar-refractivity contribution >= 4 is 27.5 Å². The Balaban J connectivity index is 2.04. The van der Waals surface area contributed by atoms with Crippen molar-refractivity contribution in [2.24, 2.45) is 0 Å². The van der Waals surface area contributed by atoms with E-state index < -0.39 is 46.2 Å². The maximum absolute atomic E-state index is 13.9. The Labute approximate surface area is 245 Å². The number of halogens is 3. The quantitative estimate of drug-likeness (QED) is 0.293. The summed E-state index contributed by atoms with van der Waals surface area (Å²) in [6.07, 6.45) is -3.69. The van der Waals surface area contributed by atoms with Gasteiger partial charge in [-0.1, -0.05) is 61.0 Å². The van der Waals surface area contributed by atoms with E-state index in [-0.39, 0.29) is 23.2 Å². The van der Waals surface area contributed by atoms with Gasteiger partial charge in [0.1, 0.15) is 12.6 Å². The van der Waals surface area contributed by atoms with Crippen LogP contribution in [-0.2, 0) is 32.2 Å². The van der Waals surface area contributed by atoms with E-state index in [4.69, 9.17) is 0 Å². The molecule has 226 valence electrons. The molecule has 2 amide bonds. The summed E-state index contributed by atoms with van der Waals surface area (Å²) in [6.45, 7) is 6.30. The zero-order valence-electron chi connectivity index (χ0n) is 24.1. The largest absolute Gasteiger partial charge is 0.416 e. The van der Waals surface area contributed by atoms with Crippen molar-refractivity contribution in [2.75, 3.05) is 17.4 Å². The molecule has 2 atom stereocenters. The highest BCUT2D eigenvalue weighted by atomic mass is 32.2. The minimum absolute atomic E-state index is 0.0823. The van der Waals surface area contributed by atoms with E-state index in [1.807, 2.05) is 44.2 Å². The normalized spacial score (nSPS) is 13.2. The first-order chi connectivity index (χ1) is 19.7. The Hall–Kier alpha value is -3.86. The van der Waals surface area contributed by atoms with Gasteiger partial charge in [-0.3, -0.25) is 13.9 Å². The van der Waals surface area contributed by atoms with Crippen molar-refractivity contribution in [2.45, 2.75) is 63.7 Å². The summed E-state index contributed by atoms with van der Waals surface area (Å²) in [5.41, 5.74) is 0.299. The summed E-state index contributed by atoms with van der Waals surface area (Å²) in [7, 11) is -4.48. The van der Waals surface area contributed by atoms with E-state index in [2.05, 4.69) is 5.32 Å². The van der Waals surface area contributed by atoms with Crippen LogP contribution in [0.2, 0.25) is 0 Å². The molecule has 0 aliphatic rings. The van der Waals surface area contributed by atoms with E-state index in [0.717, 1.165) is 23.3 Å². The molecule has 0 saturated carbocycles. The van der Waals surface area contributed by atoms with Gasteiger partial charge in [-0.25, -0.2) is 8.42 Å². The van der Waals surface area contributed by atoms with E-state index in [1.54, 1.807) is 26.0 Å². The molecule has 0 saturated heterocycles. The zero-order chi connectivity index (χ0) is 31.1. The van der Waals surface area contributed by atoms with Crippen molar-refractivity contribution < 1.29 is 31.2 Å². The minimum atomic E-state index is -4.73. The fourth-order valence-corrected chi connectivity index (χ4v) is 5.65. The van der Waals surface area contributed by atoms with Crippen molar-refractivity contribution in [1.29, 1.82) is 0 Å². The number of rotatable bonds is 12. The summed E-state index contributed by atoms with van der Waals surface area (Å²) >= 11 is 0. The Kier molecular flexibility index (Phi) is 10.8. The number of amides is 2. The lowest BCUT2D eigenvalue weighted by molar-refractivity contribution is -0.139. The topological polar surface area (TPSA) is 86.8 Å². The Morgan fingerprint density at radius 3 is 2.17 bits per heavy atom. The fraction of sp³-hybridized carbons (Fsp3) is 0.355. The monoisotopic (exact) mass is 603 g/mol. The molecule has 0 spiro atoms. The van der Waals surface area contributed by atoms with Gasteiger partial charge in [0.2, 0.25) is 11.8 Å². The number of carbonyl (C=O) groups is 2. The lowest BCUT2D eigenvalue weighted by atomic mass is 10.1. The maximum Gasteiger partial charge on any atom is 0.416 e. The van der Waals surface area contributed by atoms with Crippen molar-refractivity contribution in [3.8, 4) is 0 Å². The highest BCUT2D eigenvalue weighted by Crippen LogP contribution is 2.33. The van der Waals surface area contributed by atoms with Crippen LogP contribution in [-0.4, -0.2) is 50.3 Å². The van der Waals surface area contributed by atoms with Crippen LogP contribution in [0.25, 0.3) is 0 Å². The van der Waals surface area contributed by atoms with E-state index in [9.17, 15) is 31.2 Å². The molecule has 0 fully saturated rings. The average Bonchev–Trinajstić information content (AvgIpc) is 2.96. The maximum atomic E-state index is 13.9. The molecule has 0 heterocycles. The lowest BCUT2D eigenvalue weighted by Gasteiger charge is -2.32. The predicted molar refractivity (Wildman–Crippen MR) is 156 cm³/mol. The second kappa shape index (κ2) is 13.9. The molecule has 11 heteroatoms. The third-order valence-corrected chi connectivity index (χ3v) is 8.79. The molecule has 0 aliphatic heterocycles. The van der Waals surface area contributed by atoms with Crippen LogP contribution in [0.1, 0.15) is 43.9 Å². The first-order valence-electron chi connectivity index (χ1n) is 13.6. The van der Waals surface area contributed by atoms with Crippen LogP contribution in [0.5, 0.6) is 0 Å². The molecule has 0 aliphatic carbocycles. The molecule has 1 N–H and O–H groups in total. The number of nitrogens with one attached hydrogen (secondary N) is 1. The van der Waals surface area contributed by atoms with Gasteiger partial charge in [-0.05, 0) is 69.5 Å². The smallest absolute Gasteiger partial charge is 0.352 e. The van der Waals surface area contributed by atoms with Gasteiger partial charge in [0.05, 0.1) is 16.1 Å². The molecule has 2 unspecified atom stereocenters. The summed E-state index contributed by atoms with van der Waals surface area (Å²) in [4.78, 5) is 28.0. The van der Waals surface area contributed by atoms with E-state index in [1.165, 1.54) is 23.1 Å². The number of sulfonamides is 1. The van der Waals surface area contributed by atoms with Crippen LogP contribution in [0.15, 0.2) is 83.8 Å². The van der Waals surface area contributed by atoms with Crippen LogP contribution < -0.4 is 9.62 Å². The number of nitrogens with zero attached hydrogens (tertiary/aromatic N) is 2. The Morgan fingerprint density at radius 2 is 1.57 bits per heavy atom. The van der Waals surface area contributed by atoms with Crippen molar-refractivity contribution in [3.05, 3.63) is 95.6 Å². The van der Waals surface area contributed by atoms with Crippen LogP contribution in [0.4, 0.5) is 18.9 Å². The molecule has 3 rings (SSSR count). The van der Waals surface area contributed by atoms with Gasteiger partial charge in [-0.2, -0.15) is 13.2 Å². The molecule has 3 aromatic carbocycles. The average molecular weight is 604 g/mol. The van der Waals surface area contributed by atoms with Gasteiger partial charge >= 0.3 is 6.18 Å². The lowest BCUT2D eigenvalue weighted by Crippen LogP contribution is -2.53. The molecule has 0 aromatic heterocycles. The second-order valence-corrected chi connectivity index (χ2v) is 12.1. The SMILES string of the molecule is CCC(C)NC(=O)C(C)N(CCc1ccccc1)C(=O)CN(c1cccc(C(F)(F)F)c1)S(=O)(=O)c1ccc(C)cc1. The van der Waals surface area contributed by atoms with Gasteiger partial charge in [0.25, 0.3) is 10.0 Å². The fourth-order valence-electron chi connectivity index (χ4n) is 4.24. The number of hydrogen-bond donors (Lipinski definition) is 1. The number of anilines is 1. The number of carbonyl (C=O) groups excluding carboxylic acids is 2. The highest BCUT2D eigenvalue weighted by molar-refractivity contribution is 7.92. The van der Waals surface area contributed by atoms with Crippen LogP contribution in [0, 0.1) is 6.92 Å². The third kappa shape index (κ3) is 8.34. The summed E-state index contributed by atoms with van der Waals surface area (Å²) < 4.78 is 69.1. The first kappa shape index (κ1) is 32.7. The number of alkyl halides is 3. The molecule has 7 nitrogen and oxygen atoms in total. The molecular weight excluding hydrogens is 567 g/mol. The highest BCUT2D eigenvalue weighted by Gasteiger charge is 2.35. The zero-order valence-corrected chi connectivity index (χ0v) is 24.9. The Morgan fingerprint density at radius 1 is 0.929 bits per heavy atom. The summed E-state index contributed by atoms with van der Waals surface area (Å²) in [6, 6.07) is 17.8. The second-order valence-electron chi connectivity index (χ2n) is 10.2. The van der Waals surface area contributed by atoms with Gasteiger partial charge in [-0.15, -0.1) is 0 Å². The molecule has 3 aromatic rings. The molecule has 0 radical (unpaired) electrons. The Bertz CT molecular complexity index is 1460. The van der Waals surface area contributed by atoms with Gasteiger partial charge in [0.15, 0.2) is 0 Å². The summed E-state index contributed by atoms with van der Waals surface area (Å²) in [5.74, 6) is -1.15. The number of aryl methyl sites for hydroxylation is 1. The number of benzene rings is 3.